The van der Waals surface area contributed by atoms with E-state index < -0.39 is 17.7 Å². The number of rotatable bonds is 5. The Bertz CT molecular complexity index is 1080. The molecular weight excluding hydrogens is 382 g/mol. The van der Waals surface area contributed by atoms with Gasteiger partial charge in [0.2, 0.25) is 0 Å². The van der Waals surface area contributed by atoms with Crippen LogP contribution in [0.2, 0.25) is 0 Å². The number of Topliss-reactive ketones (excluding diaryl/α,β-unsaturated/α-hetero) is 1. The molecular formula is C24H21NO5. The maximum atomic E-state index is 13.0. The van der Waals surface area contributed by atoms with Gasteiger partial charge in [0, 0.05) is 11.3 Å². The van der Waals surface area contributed by atoms with E-state index in [1.807, 2.05) is 13.8 Å². The third-order valence-electron chi connectivity index (χ3n) is 4.79. The zero-order chi connectivity index (χ0) is 21.3. The summed E-state index contributed by atoms with van der Waals surface area (Å²) >= 11 is 0. The standard InChI is InChI=1S/C24H21NO5/c1-15(2)30-18-12-10-17(11-13-18)25-21(19-9-6-14-29-19)20(23(27)24(25)28)22(26)16-7-4-3-5-8-16/h3-15,21,26H,1-2H3/b22-20-. The van der Waals surface area contributed by atoms with E-state index in [1.54, 1.807) is 66.7 Å². The molecule has 3 aromatic rings. The van der Waals surface area contributed by atoms with Gasteiger partial charge in [0.25, 0.3) is 11.7 Å². The molecule has 30 heavy (non-hydrogen) atoms. The average Bonchev–Trinajstić information content (AvgIpc) is 3.36. The van der Waals surface area contributed by atoms with E-state index in [1.165, 1.54) is 11.2 Å². The number of amides is 1. The summed E-state index contributed by atoms with van der Waals surface area (Å²) in [6.45, 7) is 3.85. The lowest BCUT2D eigenvalue weighted by atomic mass is 9.99. The van der Waals surface area contributed by atoms with Crippen molar-refractivity contribution in [2.75, 3.05) is 4.90 Å². The van der Waals surface area contributed by atoms with Crippen LogP contribution in [0.25, 0.3) is 5.76 Å². The first kappa shape index (κ1) is 19.5. The molecule has 1 N–H and O–H groups in total. The molecule has 0 spiro atoms. The van der Waals surface area contributed by atoms with Crippen molar-refractivity contribution in [2.24, 2.45) is 0 Å². The minimum Gasteiger partial charge on any atom is -0.507 e. The number of ketones is 1. The Hall–Kier alpha value is -3.80. The number of carbonyl (C=O) groups excluding carboxylic acids is 2. The number of furan rings is 1. The van der Waals surface area contributed by atoms with Gasteiger partial charge >= 0.3 is 0 Å². The first-order valence-electron chi connectivity index (χ1n) is 9.64. The molecule has 0 radical (unpaired) electrons. The molecule has 1 aromatic heterocycles. The number of nitrogens with zero attached hydrogens (tertiary/aromatic N) is 1. The lowest BCUT2D eigenvalue weighted by Crippen LogP contribution is -2.29. The van der Waals surface area contributed by atoms with Gasteiger partial charge in [0.15, 0.2) is 0 Å². The minimum absolute atomic E-state index is 0.0105. The molecule has 2 heterocycles. The van der Waals surface area contributed by atoms with E-state index in [4.69, 9.17) is 9.15 Å². The van der Waals surface area contributed by atoms with Crippen molar-refractivity contribution >= 4 is 23.1 Å². The van der Waals surface area contributed by atoms with Gasteiger partial charge in [-0.05, 0) is 50.2 Å². The van der Waals surface area contributed by atoms with Gasteiger partial charge in [0.05, 0.1) is 17.9 Å². The number of ether oxygens (including phenoxy) is 1. The highest BCUT2D eigenvalue weighted by Gasteiger charge is 2.48. The molecule has 1 amide bonds. The molecule has 1 saturated heterocycles. The average molecular weight is 403 g/mol. The highest BCUT2D eigenvalue weighted by Crippen LogP contribution is 2.42. The third-order valence-corrected chi connectivity index (χ3v) is 4.79. The number of carbonyl (C=O) groups is 2. The zero-order valence-electron chi connectivity index (χ0n) is 16.6. The van der Waals surface area contributed by atoms with Gasteiger partial charge in [0.1, 0.15) is 23.3 Å². The largest absolute Gasteiger partial charge is 0.507 e. The Labute approximate surface area is 174 Å². The van der Waals surface area contributed by atoms with Gasteiger partial charge in [-0.1, -0.05) is 30.3 Å². The van der Waals surface area contributed by atoms with Gasteiger partial charge in [-0.25, -0.2) is 0 Å². The van der Waals surface area contributed by atoms with Gasteiger partial charge in [-0.3, -0.25) is 14.5 Å². The van der Waals surface area contributed by atoms with Crippen LogP contribution >= 0.6 is 0 Å². The van der Waals surface area contributed by atoms with Crippen molar-refractivity contribution in [3.8, 4) is 5.75 Å². The van der Waals surface area contributed by atoms with Crippen LogP contribution in [0, 0.1) is 0 Å². The van der Waals surface area contributed by atoms with Gasteiger partial charge in [-0.15, -0.1) is 0 Å². The maximum Gasteiger partial charge on any atom is 0.300 e. The van der Waals surface area contributed by atoms with E-state index in [0.29, 0.717) is 22.8 Å². The summed E-state index contributed by atoms with van der Waals surface area (Å²) < 4.78 is 11.2. The predicted molar refractivity (Wildman–Crippen MR) is 112 cm³/mol. The Balaban J connectivity index is 1.83. The predicted octanol–water partition coefficient (Wildman–Crippen LogP) is 4.69. The Kier molecular flexibility index (Phi) is 5.14. The van der Waals surface area contributed by atoms with Crippen molar-refractivity contribution in [3.05, 3.63) is 89.9 Å². The Morgan fingerprint density at radius 1 is 1.00 bits per heavy atom. The molecule has 1 aliphatic heterocycles. The van der Waals surface area contributed by atoms with Crippen molar-refractivity contribution in [1.29, 1.82) is 0 Å². The molecule has 0 saturated carbocycles. The first-order chi connectivity index (χ1) is 14.5. The SMILES string of the molecule is CC(C)Oc1ccc(N2C(=O)C(=O)/C(=C(\O)c3ccccc3)C2c2ccco2)cc1. The van der Waals surface area contributed by atoms with Crippen molar-refractivity contribution in [2.45, 2.75) is 26.0 Å². The summed E-state index contributed by atoms with van der Waals surface area (Å²) in [7, 11) is 0. The number of anilines is 1. The highest BCUT2D eigenvalue weighted by molar-refractivity contribution is 6.51. The summed E-state index contributed by atoms with van der Waals surface area (Å²) in [5, 5.41) is 10.9. The summed E-state index contributed by atoms with van der Waals surface area (Å²) in [6.07, 6.45) is 1.48. The fourth-order valence-electron chi connectivity index (χ4n) is 3.52. The monoisotopic (exact) mass is 403 g/mol. The number of benzene rings is 2. The fraction of sp³-hybridized carbons (Fsp3) is 0.167. The number of hydrogen-bond donors (Lipinski definition) is 1. The molecule has 0 aliphatic carbocycles. The molecule has 1 unspecified atom stereocenters. The van der Waals surface area contributed by atoms with Crippen LogP contribution in [-0.2, 0) is 9.59 Å². The zero-order valence-corrected chi connectivity index (χ0v) is 16.6. The van der Waals surface area contributed by atoms with Crippen LogP contribution in [0.15, 0.2) is 83.0 Å². The summed E-state index contributed by atoms with van der Waals surface area (Å²) in [4.78, 5) is 27.3. The molecule has 6 heteroatoms. The quantitative estimate of drug-likeness (QED) is 0.380. The van der Waals surface area contributed by atoms with Crippen LogP contribution in [0.5, 0.6) is 5.75 Å². The van der Waals surface area contributed by atoms with E-state index in [-0.39, 0.29) is 17.4 Å². The highest BCUT2D eigenvalue weighted by atomic mass is 16.5. The molecule has 6 nitrogen and oxygen atoms in total. The second kappa shape index (κ2) is 7.91. The first-order valence-corrected chi connectivity index (χ1v) is 9.64. The number of aliphatic hydroxyl groups is 1. The van der Waals surface area contributed by atoms with E-state index >= 15 is 0 Å². The molecule has 1 atom stereocenters. The van der Waals surface area contributed by atoms with E-state index in [0.717, 1.165) is 0 Å². The summed E-state index contributed by atoms with van der Waals surface area (Å²) in [5.74, 6) is -0.692. The summed E-state index contributed by atoms with van der Waals surface area (Å²) in [6, 6.07) is 18.0. The van der Waals surface area contributed by atoms with Crippen molar-refractivity contribution < 1.29 is 23.8 Å². The normalized spacial score (nSPS) is 18.2. The van der Waals surface area contributed by atoms with Crippen LogP contribution < -0.4 is 9.64 Å². The van der Waals surface area contributed by atoms with Crippen LogP contribution in [0.4, 0.5) is 5.69 Å². The van der Waals surface area contributed by atoms with Gasteiger partial charge in [-0.2, -0.15) is 0 Å². The number of aliphatic hydroxyl groups excluding tert-OH is 1. The molecule has 1 fully saturated rings. The lowest BCUT2D eigenvalue weighted by Gasteiger charge is -2.23. The maximum absolute atomic E-state index is 13.0. The molecule has 152 valence electrons. The van der Waals surface area contributed by atoms with E-state index in [2.05, 4.69) is 0 Å². The fourth-order valence-corrected chi connectivity index (χ4v) is 3.52. The smallest absolute Gasteiger partial charge is 0.300 e. The van der Waals surface area contributed by atoms with E-state index in [9.17, 15) is 14.7 Å². The second-order valence-corrected chi connectivity index (χ2v) is 7.21. The second-order valence-electron chi connectivity index (χ2n) is 7.21. The van der Waals surface area contributed by atoms with Crippen LogP contribution in [0.3, 0.4) is 0 Å². The Morgan fingerprint density at radius 2 is 1.70 bits per heavy atom. The van der Waals surface area contributed by atoms with Crippen molar-refractivity contribution in [1.82, 2.24) is 0 Å². The van der Waals surface area contributed by atoms with Crippen LogP contribution in [0.1, 0.15) is 31.2 Å². The lowest BCUT2D eigenvalue weighted by molar-refractivity contribution is -0.132. The van der Waals surface area contributed by atoms with Crippen molar-refractivity contribution in [3.63, 3.8) is 0 Å². The topological polar surface area (TPSA) is 80.0 Å². The molecule has 2 aromatic carbocycles. The summed E-state index contributed by atoms with van der Waals surface area (Å²) in [5.41, 5.74) is 0.943. The number of hydrogen-bond acceptors (Lipinski definition) is 5. The molecule has 0 bridgehead atoms. The molecule has 4 rings (SSSR count). The molecule has 1 aliphatic rings. The minimum atomic E-state index is -0.878. The third kappa shape index (κ3) is 3.48. The van der Waals surface area contributed by atoms with Gasteiger partial charge < -0.3 is 14.3 Å². The van der Waals surface area contributed by atoms with Crippen LogP contribution in [-0.4, -0.2) is 22.9 Å². The Morgan fingerprint density at radius 3 is 2.30 bits per heavy atom.